The summed E-state index contributed by atoms with van der Waals surface area (Å²) < 4.78 is 32.1. The number of nitrogen functional groups attached to an aromatic ring is 1. The topological polar surface area (TPSA) is 143 Å². The maximum absolute atomic E-state index is 13.3. The van der Waals surface area contributed by atoms with Gasteiger partial charge in [0, 0.05) is 11.6 Å². The van der Waals surface area contributed by atoms with Crippen LogP contribution in [0.25, 0.3) is 11.1 Å². The zero-order chi connectivity index (χ0) is 22.0. The lowest BCUT2D eigenvalue weighted by Gasteiger charge is -2.13. The molecule has 1 aromatic heterocycles. The third-order valence-corrected chi connectivity index (χ3v) is 4.12. The molecule has 0 saturated heterocycles. The van der Waals surface area contributed by atoms with Gasteiger partial charge in [-0.1, -0.05) is 12.1 Å². The summed E-state index contributed by atoms with van der Waals surface area (Å²) in [6.07, 6.45) is 0. The van der Waals surface area contributed by atoms with Crippen molar-refractivity contribution in [1.29, 1.82) is 0 Å². The molecule has 0 spiro atoms. The molecule has 5 N–H and O–H groups in total. The van der Waals surface area contributed by atoms with Gasteiger partial charge < -0.3 is 25.7 Å². The first-order valence-electron chi connectivity index (χ1n) is 8.38. The van der Waals surface area contributed by atoms with Crippen LogP contribution >= 0.6 is 0 Å². The predicted molar refractivity (Wildman–Crippen MR) is 102 cm³/mol. The van der Waals surface area contributed by atoms with Crippen molar-refractivity contribution in [3.63, 3.8) is 0 Å². The van der Waals surface area contributed by atoms with Crippen LogP contribution in [-0.4, -0.2) is 27.1 Å². The number of aromatic nitrogens is 1. The van der Waals surface area contributed by atoms with Gasteiger partial charge in [-0.25, -0.2) is 18.4 Å². The van der Waals surface area contributed by atoms with Gasteiger partial charge in [-0.15, -0.1) is 0 Å². The number of nitrogens with one attached hydrogen (secondary N) is 1. The summed E-state index contributed by atoms with van der Waals surface area (Å²) in [6.45, 7) is -0.215. The average Bonchev–Trinajstić information content (AvgIpc) is 2.64. The second kappa shape index (κ2) is 8.03. The van der Waals surface area contributed by atoms with Crippen LogP contribution in [0.5, 0.6) is 5.75 Å². The molecule has 0 atom stereocenters. The van der Waals surface area contributed by atoms with Crippen molar-refractivity contribution in [2.24, 2.45) is 0 Å². The molecule has 0 aliphatic carbocycles. The Kier molecular flexibility index (Phi) is 5.50. The summed E-state index contributed by atoms with van der Waals surface area (Å²) in [5, 5.41) is 18.9. The fourth-order valence-corrected chi connectivity index (χ4v) is 2.94. The van der Waals surface area contributed by atoms with Crippen molar-refractivity contribution >= 4 is 17.8 Å². The van der Waals surface area contributed by atoms with E-state index in [-0.39, 0.29) is 23.5 Å². The molecule has 0 radical (unpaired) electrons. The number of carbonyl (C=O) groups is 2. The number of H-pyrrole nitrogens is 1. The Morgan fingerprint density at radius 3 is 2.23 bits per heavy atom. The first-order chi connectivity index (χ1) is 14.2. The van der Waals surface area contributed by atoms with Gasteiger partial charge in [-0.05, 0) is 35.4 Å². The second-order valence-electron chi connectivity index (χ2n) is 6.20. The Morgan fingerprint density at radius 2 is 1.63 bits per heavy atom. The number of carboxylic acid groups (broad SMARTS) is 2. The zero-order valence-electron chi connectivity index (χ0n) is 15.1. The summed E-state index contributed by atoms with van der Waals surface area (Å²) >= 11 is 0. The number of carboxylic acids is 2. The van der Waals surface area contributed by atoms with Crippen LogP contribution < -0.4 is 16.0 Å². The highest BCUT2D eigenvalue weighted by molar-refractivity contribution is 6.07. The second-order valence-corrected chi connectivity index (χ2v) is 6.20. The van der Waals surface area contributed by atoms with Crippen molar-refractivity contribution in [2.75, 3.05) is 5.73 Å². The molecule has 3 rings (SSSR count). The molecule has 0 aliphatic rings. The van der Waals surface area contributed by atoms with Gasteiger partial charge in [-0.3, -0.25) is 4.79 Å². The highest BCUT2D eigenvalue weighted by Gasteiger charge is 2.26. The molecule has 10 heteroatoms. The molecule has 0 bridgehead atoms. The van der Waals surface area contributed by atoms with Crippen LogP contribution in [0.3, 0.4) is 0 Å². The van der Waals surface area contributed by atoms with E-state index >= 15 is 0 Å². The number of aromatic amines is 1. The molecule has 0 saturated carbocycles. The van der Waals surface area contributed by atoms with Crippen LogP contribution in [0.15, 0.2) is 47.3 Å². The number of hydrogen-bond donors (Lipinski definition) is 4. The summed E-state index contributed by atoms with van der Waals surface area (Å²) in [5.74, 6) is -5.10. The molecule has 30 heavy (non-hydrogen) atoms. The van der Waals surface area contributed by atoms with E-state index in [0.29, 0.717) is 6.07 Å². The smallest absolute Gasteiger partial charge is 0.342 e. The van der Waals surface area contributed by atoms with E-state index in [4.69, 9.17) is 10.5 Å². The Morgan fingerprint density at radius 1 is 1.00 bits per heavy atom. The van der Waals surface area contributed by atoms with Gasteiger partial charge in [0.2, 0.25) is 0 Å². The lowest BCUT2D eigenvalue weighted by atomic mass is 9.95. The SMILES string of the molecule is Nc1[nH]c(=O)c(C(=O)O)c(-c2cccc(OCc3cc(F)cc(F)c3)c2)c1C(=O)O. The van der Waals surface area contributed by atoms with E-state index in [1.165, 1.54) is 24.3 Å². The number of pyridine rings is 1. The van der Waals surface area contributed by atoms with Gasteiger partial charge in [0.1, 0.15) is 40.9 Å². The molecule has 154 valence electrons. The number of ether oxygens (including phenoxy) is 1. The maximum atomic E-state index is 13.3. The van der Waals surface area contributed by atoms with Gasteiger partial charge >= 0.3 is 11.9 Å². The van der Waals surface area contributed by atoms with Crippen molar-refractivity contribution in [3.8, 4) is 16.9 Å². The van der Waals surface area contributed by atoms with Crippen molar-refractivity contribution in [3.05, 3.63) is 81.1 Å². The largest absolute Gasteiger partial charge is 0.489 e. The number of anilines is 1. The zero-order valence-corrected chi connectivity index (χ0v) is 15.1. The highest BCUT2D eigenvalue weighted by Crippen LogP contribution is 2.31. The molecule has 3 aromatic rings. The van der Waals surface area contributed by atoms with E-state index in [9.17, 15) is 33.4 Å². The molecular formula is C20H14F2N2O6. The van der Waals surface area contributed by atoms with Crippen LogP contribution in [0, 0.1) is 11.6 Å². The highest BCUT2D eigenvalue weighted by atomic mass is 19.1. The fraction of sp³-hybridized carbons (Fsp3) is 0.0500. The summed E-state index contributed by atoms with van der Waals surface area (Å²) in [7, 11) is 0. The molecule has 2 aromatic carbocycles. The van der Waals surface area contributed by atoms with Gasteiger partial charge in [0.15, 0.2) is 0 Å². The first kappa shape index (κ1) is 20.5. The number of hydrogen-bond acceptors (Lipinski definition) is 5. The summed E-state index contributed by atoms with van der Waals surface area (Å²) in [4.78, 5) is 37.4. The van der Waals surface area contributed by atoms with Gasteiger partial charge in [-0.2, -0.15) is 0 Å². The number of benzene rings is 2. The molecule has 1 heterocycles. The average molecular weight is 416 g/mol. The quantitative estimate of drug-likeness (QED) is 0.484. The number of aromatic carboxylic acids is 2. The lowest BCUT2D eigenvalue weighted by molar-refractivity contribution is 0.0695. The van der Waals surface area contributed by atoms with Gasteiger partial charge in [0.05, 0.1) is 0 Å². The third-order valence-electron chi connectivity index (χ3n) is 4.12. The minimum Gasteiger partial charge on any atom is -0.489 e. The minimum absolute atomic E-state index is 0.0468. The van der Waals surface area contributed by atoms with E-state index in [1.807, 2.05) is 4.98 Å². The van der Waals surface area contributed by atoms with E-state index < -0.39 is 51.6 Å². The Hall–Kier alpha value is -4.21. The normalized spacial score (nSPS) is 10.6. The fourth-order valence-electron chi connectivity index (χ4n) is 2.94. The third kappa shape index (κ3) is 4.12. The van der Waals surface area contributed by atoms with Crippen LogP contribution in [-0.2, 0) is 6.61 Å². The van der Waals surface area contributed by atoms with Crippen molar-refractivity contribution in [2.45, 2.75) is 6.61 Å². The van der Waals surface area contributed by atoms with E-state index in [2.05, 4.69) is 0 Å². The Balaban J connectivity index is 2.06. The van der Waals surface area contributed by atoms with Gasteiger partial charge in [0.25, 0.3) is 5.56 Å². The molecule has 0 fully saturated rings. The first-order valence-corrected chi connectivity index (χ1v) is 8.38. The van der Waals surface area contributed by atoms with E-state index in [0.717, 1.165) is 12.1 Å². The molecule has 0 amide bonds. The minimum atomic E-state index is -1.64. The predicted octanol–water partition coefficient (Wildman–Crippen LogP) is 2.88. The van der Waals surface area contributed by atoms with E-state index in [1.54, 1.807) is 0 Å². The Labute approximate surface area is 167 Å². The lowest BCUT2D eigenvalue weighted by Crippen LogP contribution is -2.24. The van der Waals surface area contributed by atoms with Crippen molar-refractivity contribution in [1.82, 2.24) is 4.98 Å². The monoisotopic (exact) mass is 416 g/mol. The standard InChI is InChI=1S/C20H14F2N2O6/c21-11-4-9(5-12(22)7-11)8-30-13-3-1-2-10(6-13)14-15(19(26)27)17(23)24-18(25)16(14)20(28)29/h1-7H,8H2,(H,26,27)(H,28,29)(H3,23,24,25). The number of rotatable bonds is 6. The van der Waals surface area contributed by atoms with Crippen LogP contribution in [0.4, 0.5) is 14.6 Å². The van der Waals surface area contributed by atoms with Crippen molar-refractivity contribution < 1.29 is 33.3 Å². The maximum Gasteiger partial charge on any atom is 0.342 e. The summed E-state index contributed by atoms with van der Waals surface area (Å²) in [5.41, 5.74) is 3.01. The number of nitrogens with two attached hydrogens (primary N) is 1. The van der Waals surface area contributed by atoms with Crippen LogP contribution in [0.1, 0.15) is 26.3 Å². The summed E-state index contributed by atoms with van der Waals surface area (Å²) in [6, 6.07) is 8.44. The molecule has 0 unspecified atom stereocenters. The number of halogens is 2. The molecular weight excluding hydrogens is 402 g/mol. The van der Waals surface area contributed by atoms with Crippen LogP contribution in [0.2, 0.25) is 0 Å². The molecule has 0 aliphatic heterocycles. The Bertz CT molecular complexity index is 1200. The molecule has 8 nitrogen and oxygen atoms in total.